The molecule has 9 heteroatoms. The second kappa shape index (κ2) is 6.57. The first-order chi connectivity index (χ1) is 10.7. The van der Waals surface area contributed by atoms with Gasteiger partial charge in [-0.05, 0) is 24.7 Å². The van der Waals surface area contributed by atoms with E-state index >= 15 is 0 Å². The van der Waals surface area contributed by atoms with Gasteiger partial charge in [-0.3, -0.25) is 14.9 Å². The van der Waals surface area contributed by atoms with E-state index in [1.807, 2.05) is 6.92 Å². The maximum absolute atomic E-state index is 12.0. The molecule has 1 N–H and O–H groups in total. The van der Waals surface area contributed by atoms with Gasteiger partial charge in [0.25, 0.3) is 5.56 Å². The predicted molar refractivity (Wildman–Crippen MR) is 85.4 cm³/mol. The highest BCUT2D eigenvalue weighted by Gasteiger charge is 2.25. The summed E-state index contributed by atoms with van der Waals surface area (Å²) < 4.78 is 2.01. The van der Waals surface area contributed by atoms with Gasteiger partial charge in [0.2, 0.25) is 11.0 Å². The first-order valence-corrected chi connectivity index (χ1v) is 8.80. The maximum atomic E-state index is 12.0. The molecular weight excluding hydrogens is 322 g/mol. The zero-order chi connectivity index (χ0) is 15.5. The van der Waals surface area contributed by atoms with Gasteiger partial charge < -0.3 is 0 Å². The van der Waals surface area contributed by atoms with Crippen LogP contribution < -0.4 is 10.9 Å². The molecule has 0 unspecified atom stereocenters. The van der Waals surface area contributed by atoms with Crippen molar-refractivity contribution in [3.05, 3.63) is 28.2 Å². The molecule has 0 spiro atoms. The highest BCUT2D eigenvalue weighted by molar-refractivity contribution is 8.01. The minimum absolute atomic E-state index is 0.116. The Bertz CT molecular complexity index is 738. The van der Waals surface area contributed by atoms with Crippen LogP contribution in [0.5, 0.6) is 0 Å². The van der Waals surface area contributed by atoms with Crippen molar-refractivity contribution in [3.8, 4) is 0 Å². The van der Waals surface area contributed by atoms with Crippen LogP contribution in [0.1, 0.15) is 31.4 Å². The number of anilines is 1. The van der Waals surface area contributed by atoms with Gasteiger partial charge in [-0.2, -0.15) is 5.10 Å². The standard InChI is InChI=1S/C13H15N5O2S2/c1-2-21-13-16-15-12(22-13)14-10(19)7-18-11(20)6-5-9(17-18)8-3-4-8/h5-6,8H,2-4,7H2,1H3,(H,14,15,19). The van der Waals surface area contributed by atoms with E-state index in [9.17, 15) is 9.59 Å². The quantitative estimate of drug-likeness (QED) is 0.638. The Morgan fingerprint density at radius 2 is 2.27 bits per heavy atom. The van der Waals surface area contributed by atoms with Crippen molar-refractivity contribution in [1.82, 2.24) is 20.0 Å². The molecule has 1 aliphatic carbocycles. The molecule has 0 saturated heterocycles. The SMILES string of the molecule is CCSc1nnc(NC(=O)Cn2nc(C3CC3)ccc2=O)s1. The fraction of sp³-hybridized carbons (Fsp3) is 0.462. The zero-order valence-corrected chi connectivity index (χ0v) is 13.6. The van der Waals surface area contributed by atoms with Gasteiger partial charge in [0.05, 0.1) is 5.69 Å². The average Bonchev–Trinajstić information content (AvgIpc) is 3.24. The molecule has 2 aromatic rings. The summed E-state index contributed by atoms with van der Waals surface area (Å²) in [5, 5.41) is 15.2. The van der Waals surface area contributed by atoms with Gasteiger partial charge in [-0.1, -0.05) is 30.0 Å². The average molecular weight is 337 g/mol. The summed E-state index contributed by atoms with van der Waals surface area (Å²) >= 11 is 2.89. The summed E-state index contributed by atoms with van der Waals surface area (Å²) in [6, 6.07) is 3.21. The van der Waals surface area contributed by atoms with Crippen LogP contribution in [0.2, 0.25) is 0 Å². The van der Waals surface area contributed by atoms with Gasteiger partial charge in [0.15, 0.2) is 4.34 Å². The molecule has 22 heavy (non-hydrogen) atoms. The third kappa shape index (κ3) is 3.72. The monoisotopic (exact) mass is 337 g/mol. The molecule has 1 aliphatic rings. The smallest absolute Gasteiger partial charge is 0.267 e. The lowest BCUT2D eigenvalue weighted by Crippen LogP contribution is -2.29. The minimum atomic E-state index is -0.327. The largest absolute Gasteiger partial charge is 0.299 e. The van der Waals surface area contributed by atoms with Crippen molar-refractivity contribution >= 4 is 34.1 Å². The number of amides is 1. The van der Waals surface area contributed by atoms with Gasteiger partial charge in [0.1, 0.15) is 6.54 Å². The number of thioether (sulfide) groups is 1. The summed E-state index contributed by atoms with van der Waals surface area (Å²) in [6.45, 7) is 1.91. The second-order valence-corrected chi connectivity index (χ2v) is 7.37. The molecule has 0 bridgehead atoms. The lowest BCUT2D eigenvalue weighted by molar-refractivity contribution is -0.117. The van der Waals surface area contributed by atoms with Gasteiger partial charge in [-0.25, -0.2) is 4.68 Å². The van der Waals surface area contributed by atoms with Crippen molar-refractivity contribution in [2.45, 2.75) is 36.6 Å². The number of carbonyl (C=O) groups excluding carboxylic acids is 1. The summed E-state index contributed by atoms with van der Waals surface area (Å²) in [4.78, 5) is 23.8. The topological polar surface area (TPSA) is 89.8 Å². The van der Waals surface area contributed by atoms with Crippen LogP contribution in [0.4, 0.5) is 5.13 Å². The van der Waals surface area contributed by atoms with E-state index in [4.69, 9.17) is 0 Å². The molecule has 0 aromatic carbocycles. The number of carbonyl (C=O) groups is 1. The molecule has 3 rings (SSSR count). The summed E-state index contributed by atoms with van der Waals surface area (Å²) in [5.74, 6) is 1.01. The molecule has 0 radical (unpaired) electrons. The molecule has 0 aliphatic heterocycles. The predicted octanol–water partition coefficient (Wildman–Crippen LogP) is 1.72. The van der Waals surface area contributed by atoms with Gasteiger partial charge in [-0.15, -0.1) is 10.2 Å². The summed E-state index contributed by atoms with van der Waals surface area (Å²) in [6.07, 6.45) is 2.19. The van der Waals surface area contributed by atoms with Crippen molar-refractivity contribution in [2.24, 2.45) is 0 Å². The Hall–Kier alpha value is -1.74. The fourth-order valence-corrected chi connectivity index (χ4v) is 3.58. The molecular formula is C13H15N5O2S2. The van der Waals surface area contributed by atoms with E-state index in [-0.39, 0.29) is 18.0 Å². The third-order valence-corrected chi connectivity index (χ3v) is 4.95. The van der Waals surface area contributed by atoms with Crippen LogP contribution in [0, 0.1) is 0 Å². The van der Waals surface area contributed by atoms with E-state index in [0.717, 1.165) is 28.6 Å². The number of nitrogens with zero attached hydrogens (tertiary/aromatic N) is 4. The zero-order valence-electron chi connectivity index (χ0n) is 12.0. The first-order valence-electron chi connectivity index (χ1n) is 7.00. The fourth-order valence-electron chi connectivity index (χ4n) is 1.91. The highest BCUT2D eigenvalue weighted by Crippen LogP contribution is 2.38. The van der Waals surface area contributed by atoms with E-state index in [0.29, 0.717) is 11.0 Å². The van der Waals surface area contributed by atoms with E-state index in [1.165, 1.54) is 22.1 Å². The third-order valence-electron chi connectivity index (χ3n) is 3.10. The molecule has 2 heterocycles. The summed E-state index contributed by atoms with van der Waals surface area (Å²) in [5.41, 5.74) is 0.601. The Balaban J connectivity index is 1.65. The minimum Gasteiger partial charge on any atom is -0.299 e. The Morgan fingerprint density at radius 1 is 1.45 bits per heavy atom. The van der Waals surface area contributed by atoms with Gasteiger partial charge in [0, 0.05) is 12.0 Å². The lowest BCUT2D eigenvalue weighted by atomic mass is 10.3. The number of rotatable bonds is 6. The number of hydrogen-bond donors (Lipinski definition) is 1. The van der Waals surface area contributed by atoms with Crippen LogP contribution >= 0.6 is 23.1 Å². The highest BCUT2D eigenvalue weighted by atomic mass is 32.2. The second-order valence-electron chi connectivity index (χ2n) is 4.88. The normalized spacial score (nSPS) is 14.0. The molecule has 7 nitrogen and oxygen atoms in total. The van der Waals surface area contributed by atoms with E-state index in [2.05, 4.69) is 20.6 Å². The molecule has 116 valence electrons. The van der Waals surface area contributed by atoms with Crippen molar-refractivity contribution in [3.63, 3.8) is 0 Å². The van der Waals surface area contributed by atoms with Crippen LogP contribution in [-0.4, -0.2) is 31.6 Å². The molecule has 2 aromatic heterocycles. The van der Waals surface area contributed by atoms with Crippen molar-refractivity contribution < 1.29 is 4.79 Å². The van der Waals surface area contributed by atoms with Crippen LogP contribution in [0.3, 0.4) is 0 Å². The van der Waals surface area contributed by atoms with Gasteiger partial charge >= 0.3 is 0 Å². The molecule has 1 saturated carbocycles. The maximum Gasteiger partial charge on any atom is 0.267 e. The number of hydrogen-bond acceptors (Lipinski definition) is 7. The Labute approximate surface area is 135 Å². The number of aromatic nitrogens is 4. The van der Waals surface area contributed by atoms with Crippen LogP contribution in [-0.2, 0) is 11.3 Å². The van der Waals surface area contributed by atoms with E-state index in [1.54, 1.807) is 17.8 Å². The molecule has 1 fully saturated rings. The molecule has 0 atom stereocenters. The molecule has 1 amide bonds. The van der Waals surface area contributed by atoms with E-state index < -0.39 is 0 Å². The number of nitrogens with one attached hydrogen (secondary N) is 1. The van der Waals surface area contributed by atoms with Crippen molar-refractivity contribution in [1.29, 1.82) is 0 Å². The van der Waals surface area contributed by atoms with Crippen molar-refractivity contribution in [2.75, 3.05) is 11.1 Å². The van der Waals surface area contributed by atoms with Crippen LogP contribution in [0.15, 0.2) is 21.3 Å². The first kappa shape index (κ1) is 15.2. The van der Waals surface area contributed by atoms with Crippen LogP contribution in [0.25, 0.3) is 0 Å². The summed E-state index contributed by atoms with van der Waals surface area (Å²) in [7, 11) is 0. The lowest BCUT2D eigenvalue weighted by Gasteiger charge is -2.05. The Morgan fingerprint density at radius 3 is 3.00 bits per heavy atom. The Kier molecular flexibility index (Phi) is 4.53.